The lowest BCUT2D eigenvalue weighted by molar-refractivity contribution is -0.130. The van der Waals surface area contributed by atoms with E-state index in [1.54, 1.807) is 11.8 Å². The number of benzene rings is 1. The summed E-state index contributed by atoms with van der Waals surface area (Å²) in [5.41, 5.74) is 1.25. The summed E-state index contributed by atoms with van der Waals surface area (Å²) in [7, 11) is 0. The zero-order valence-corrected chi connectivity index (χ0v) is 14.1. The molecule has 1 saturated heterocycles. The highest BCUT2D eigenvalue weighted by atomic mass is 32.2. The fraction of sp³-hybridized carbons (Fsp3) is 0.529. The number of amides is 2. The number of carbonyl (C=O) groups excluding carboxylic acids is 2. The molecule has 120 valence electrons. The maximum atomic E-state index is 12.4. The van der Waals surface area contributed by atoms with Gasteiger partial charge in [0.15, 0.2) is 0 Å². The Morgan fingerprint density at radius 3 is 2.77 bits per heavy atom. The molecular weight excluding hydrogens is 296 g/mol. The number of nitrogens with one attached hydrogen (secondary N) is 1. The van der Waals surface area contributed by atoms with Gasteiger partial charge in [-0.15, -0.1) is 11.8 Å². The van der Waals surface area contributed by atoms with Crippen LogP contribution in [0.4, 0.5) is 0 Å². The number of hydrogen-bond acceptors (Lipinski definition) is 3. The second-order valence-electron chi connectivity index (χ2n) is 5.74. The Morgan fingerprint density at radius 1 is 1.36 bits per heavy atom. The van der Waals surface area contributed by atoms with Crippen molar-refractivity contribution in [3.63, 3.8) is 0 Å². The van der Waals surface area contributed by atoms with Crippen molar-refractivity contribution in [1.29, 1.82) is 0 Å². The van der Waals surface area contributed by atoms with Gasteiger partial charge < -0.3 is 10.2 Å². The molecule has 5 heteroatoms. The first-order chi connectivity index (χ1) is 10.6. The van der Waals surface area contributed by atoms with Gasteiger partial charge in [0.25, 0.3) is 0 Å². The Morgan fingerprint density at radius 2 is 2.09 bits per heavy atom. The summed E-state index contributed by atoms with van der Waals surface area (Å²) in [6, 6.07) is 10.3. The molecule has 1 fully saturated rings. The molecule has 4 nitrogen and oxygen atoms in total. The van der Waals surface area contributed by atoms with E-state index in [0.29, 0.717) is 17.5 Å². The maximum absolute atomic E-state index is 12.4. The quantitative estimate of drug-likeness (QED) is 0.907. The molecule has 1 N–H and O–H groups in total. The molecule has 1 aromatic carbocycles. The average molecular weight is 320 g/mol. The molecule has 0 saturated carbocycles. The van der Waals surface area contributed by atoms with Crippen molar-refractivity contribution in [2.45, 2.75) is 38.0 Å². The van der Waals surface area contributed by atoms with E-state index in [0.717, 1.165) is 19.4 Å². The number of carbonyl (C=O) groups is 2. The topological polar surface area (TPSA) is 49.4 Å². The lowest BCUT2D eigenvalue weighted by Gasteiger charge is -2.33. The minimum atomic E-state index is -0.0219. The van der Waals surface area contributed by atoms with Crippen LogP contribution in [0.25, 0.3) is 0 Å². The van der Waals surface area contributed by atoms with E-state index in [-0.39, 0.29) is 17.9 Å². The van der Waals surface area contributed by atoms with Crippen LogP contribution in [0, 0.1) is 0 Å². The Bertz CT molecular complexity index is 507. The Hall–Kier alpha value is -1.49. The molecule has 0 spiro atoms. The van der Waals surface area contributed by atoms with E-state index in [1.807, 2.05) is 23.1 Å². The molecular formula is C17H24N2O2S. The van der Waals surface area contributed by atoms with Crippen molar-refractivity contribution < 1.29 is 9.59 Å². The maximum Gasteiger partial charge on any atom is 0.232 e. The summed E-state index contributed by atoms with van der Waals surface area (Å²) in [5, 5.41) is 3.22. The predicted molar refractivity (Wildman–Crippen MR) is 90.7 cm³/mol. The van der Waals surface area contributed by atoms with Gasteiger partial charge in [0.1, 0.15) is 0 Å². The summed E-state index contributed by atoms with van der Waals surface area (Å²) in [5.74, 6) is 0.636. The van der Waals surface area contributed by atoms with Crippen LogP contribution >= 0.6 is 11.8 Å². The first-order valence-corrected chi connectivity index (χ1v) is 8.82. The third-order valence-electron chi connectivity index (χ3n) is 3.91. The van der Waals surface area contributed by atoms with Crippen LogP contribution in [-0.2, 0) is 9.59 Å². The highest BCUT2D eigenvalue weighted by molar-refractivity contribution is 8.00. The highest BCUT2D eigenvalue weighted by Crippen LogP contribution is 2.28. The van der Waals surface area contributed by atoms with Gasteiger partial charge in [-0.3, -0.25) is 9.59 Å². The minimum absolute atomic E-state index is 0.0219. The molecule has 1 heterocycles. The molecule has 2 amide bonds. The molecule has 0 unspecified atom stereocenters. The first kappa shape index (κ1) is 16.9. The number of nitrogens with zero attached hydrogens (tertiary/aromatic N) is 1. The fourth-order valence-corrected chi connectivity index (χ4v) is 3.64. The Balaban J connectivity index is 1.80. The van der Waals surface area contributed by atoms with Crippen molar-refractivity contribution in [2.24, 2.45) is 0 Å². The normalized spacial score (nSPS) is 19.5. The molecule has 22 heavy (non-hydrogen) atoms. The van der Waals surface area contributed by atoms with E-state index >= 15 is 0 Å². The summed E-state index contributed by atoms with van der Waals surface area (Å²) in [4.78, 5) is 25.4. The molecule has 0 radical (unpaired) electrons. The zero-order valence-electron chi connectivity index (χ0n) is 13.2. The minimum Gasteiger partial charge on any atom is -0.352 e. The first-order valence-electron chi connectivity index (χ1n) is 7.77. The van der Waals surface area contributed by atoms with E-state index in [1.165, 1.54) is 12.5 Å². The fourth-order valence-electron chi connectivity index (χ4n) is 2.72. The lowest BCUT2D eigenvalue weighted by Crippen LogP contribution is -2.49. The van der Waals surface area contributed by atoms with Crippen molar-refractivity contribution in [3.8, 4) is 0 Å². The van der Waals surface area contributed by atoms with E-state index in [4.69, 9.17) is 0 Å². The van der Waals surface area contributed by atoms with Gasteiger partial charge in [-0.2, -0.15) is 0 Å². The molecule has 1 aliphatic heterocycles. The molecule has 1 aliphatic rings. The van der Waals surface area contributed by atoms with Gasteiger partial charge in [0.2, 0.25) is 11.8 Å². The molecule has 0 aromatic heterocycles. The van der Waals surface area contributed by atoms with E-state index in [2.05, 4.69) is 24.4 Å². The van der Waals surface area contributed by atoms with Crippen LogP contribution in [0.3, 0.4) is 0 Å². The van der Waals surface area contributed by atoms with E-state index < -0.39 is 0 Å². The van der Waals surface area contributed by atoms with Crippen molar-refractivity contribution >= 4 is 23.6 Å². The summed E-state index contributed by atoms with van der Waals surface area (Å²) in [6.45, 7) is 5.09. The summed E-state index contributed by atoms with van der Waals surface area (Å²) < 4.78 is 0. The van der Waals surface area contributed by atoms with Gasteiger partial charge in [0.05, 0.1) is 5.75 Å². The molecule has 0 bridgehead atoms. The predicted octanol–water partition coefficient (Wildman–Crippen LogP) is 2.61. The second kappa shape index (κ2) is 8.22. The molecule has 1 aromatic rings. The number of likely N-dealkylation sites (tertiary alicyclic amines) is 1. The van der Waals surface area contributed by atoms with Crippen LogP contribution in [0.2, 0.25) is 0 Å². The Labute approximate surface area is 136 Å². The SMILES string of the molecule is CC(=O)N[C@H]1CCCN(C(=O)CS[C@H](C)c2ccccc2)C1. The van der Waals surface area contributed by atoms with Gasteiger partial charge >= 0.3 is 0 Å². The zero-order chi connectivity index (χ0) is 15.9. The third-order valence-corrected chi connectivity index (χ3v) is 5.09. The smallest absolute Gasteiger partial charge is 0.232 e. The monoisotopic (exact) mass is 320 g/mol. The second-order valence-corrected chi connectivity index (χ2v) is 7.07. The Kier molecular flexibility index (Phi) is 6.31. The number of piperidine rings is 1. The molecule has 2 atom stereocenters. The standard InChI is InChI=1S/C17H24N2O2S/c1-13(15-7-4-3-5-8-15)22-12-17(21)19-10-6-9-16(11-19)18-14(2)20/h3-5,7-8,13,16H,6,9-12H2,1-2H3,(H,18,20)/t13-,16+/m1/s1. The number of hydrogen-bond donors (Lipinski definition) is 1. The largest absolute Gasteiger partial charge is 0.352 e. The number of rotatable bonds is 5. The van der Waals surface area contributed by atoms with Crippen molar-refractivity contribution in [2.75, 3.05) is 18.8 Å². The average Bonchev–Trinajstić information content (AvgIpc) is 2.52. The van der Waals surface area contributed by atoms with Crippen LogP contribution in [0.1, 0.15) is 37.5 Å². The van der Waals surface area contributed by atoms with Gasteiger partial charge in [-0.25, -0.2) is 0 Å². The third kappa shape index (κ3) is 5.05. The van der Waals surface area contributed by atoms with Crippen LogP contribution < -0.4 is 5.32 Å². The van der Waals surface area contributed by atoms with Gasteiger partial charge in [-0.05, 0) is 25.3 Å². The molecule has 2 rings (SSSR count). The summed E-state index contributed by atoms with van der Waals surface area (Å²) in [6.07, 6.45) is 1.91. The number of thioether (sulfide) groups is 1. The van der Waals surface area contributed by atoms with Gasteiger partial charge in [-0.1, -0.05) is 30.3 Å². The van der Waals surface area contributed by atoms with Crippen LogP contribution in [0.5, 0.6) is 0 Å². The highest BCUT2D eigenvalue weighted by Gasteiger charge is 2.24. The van der Waals surface area contributed by atoms with Crippen molar-refractivity contribution in [3.05, 3.63) is 35.9 Å². The van der Waals surface area contributed by atoms with Gasteiger partial charge in [0, 0.05) is 31.3 Å². The van der Waals surface area contributed by atoms with Crippen LogP contribution in [-0.4, -0.2) is 41.6 Å². The summed E-state index contributed by atoms with van der Waals surface area (Å²) >= 11 is 1.67. The molecule has 0 aliphatic carbocycles. The van der Waals surface area contributed by atoms with E-state index in [9.17, 15) is 9.59 Å². The lowest BCUT2D eigenvalue weighted by atomic mass is 10.1. The van der Waals surface area contributed by atoms with Crippen molar-refractivity contribution in [1.82, 2.24) is 10.2 Å². The van der Waals surface area contributed by atoms with Crippen LogP contribution in [0.15, 0.2) is 30.3 Å².